The molecule has 1 N–H and O–H groups in total. The zero-order valence-corrected chi connectivity index (χ0v) is 9.49. The number of hydrogen-bond acceptors (Lipinski definition) is 1. The van der Waals surface area contributed by atoms with Crippen LogP contribution in [0.2, 0.25) is 0 Å². The zero-order valence-electron chi connectivity index (χ0n) is 9.49. The third-order valence-corrected chi connectivity index (χ3v) is 3.36. The van der Waals surface area contributed by atoms with E-state index in [-0.39, 0.29) is 5.82 Å². The Hall–Kier alpha value is -1.83. The number of fused-ring (bicyclic) bond motifs is 1. The highest BCUT2D eigenvalue weighted by Gasteiger charge is 2.21. The highest BCUT2D eigenvalue weighted by Crippen LogP contribution is 2.31. The molecule has 2 aromatic rings. The molecule has 0 spiro atoms. The molecule has 0 radical (unpaired) electrons. The second kappa shape index (κ2) is 4.21. The summed E-state index contributed by atoms with van der Waals surface area (Å²) in [6.07, 6.45) is 0.907. The minimum Gasteiger partial charge on any atom is -0.382 e. The second-order valence-electron chi connectivity index (χ2n) is 4.47. The Bertz CT molecular complexity index is 522. The van der Waals surface area contributed by atoms with E-state index in [0.717, 1.165) is 18.5 Å². The first-order chi connectivity index (χ1) is 8.34. The molecule has 0 bridgehead atoms. The summed E-state index contributed by atoms with van der Waals surface area (Å²) in [4.78, 5) is 0. The first-order valence-corrected chi connectivity index (χ1v) is 5.91. The molecule has 1 heterocycles. The number of benzene rings is 2. The van der Waals surface area contributed by atoms with Crippen LogP contribution in [0, 0.1) is 5.82 Å². The first kappa shape index (κ1) is 10.3. The van der Waals surface area contributed by atoms with Gasteiger partial charge in [-0.1, -0.05) is 42.5 Å². The van der Waals surface area contributed by atoms with Crippen LogP contribution in [0.25, 0.3) is 0 Å². The Morgan fingerprint density at radius 3 is 2.65 bits per heavy atom. The molecule has 17 heavy (non-hydrogen) atoms. The summed E-state index contributed by atoms with van der Waals surface area (Å²) in [7, 11) is 0. The number of hydrogen-bond donors (Lipinski definition) is 1. The number of halogens is 1. The van der Waals surface area contributed by atoms with Gasteiger partial charge < -0.3 is 5.32 Å². The van der Waals surface area contributed by atoms with Gasteiger partial charge >= 0.3 is 0 Å². The van der Waals surface area contributed by atoms with E-state index >= 15 is 0 Å². The smallest absolute Gasteiger partial charge is 0.146 e. The monoisotopic (exact) mass is 227 g/mol. The standard InChI is InChI=1S/C15H14FN/c16-14-8-4-7-12-9-13(10-17-15(12)14)11-5-2-1-3-6-11/h1-8,13,17H,9-10H2. The van der Waals surface area contributed by atoms with Crippen molar-refractivity contribution in [2.75, 3.05) is 11.9 Å². The van der Waals surface area contributed by atoms with Gasteiger partial charge in [-0.05, 0) is 23.6 Å². The lowest BCUT2D eigenvalue weighted by molar-refractivity contribution is 0.612. The van der Waals surface area contributed by atoms with E-state index in [1.54, 1.807) is 6.07 Å². The summed E-state index contributed by atoms with van der Waals surface area (Å²) in [6.45, 7) is 0.804. The summed E-state index contributed by atoms with van der Waals surface area (Å²) >= 11 is 0. The Morgan fingerprint density at radius 1 is 1.00 bits per heavy atom. The lowest BCUT2D eigenvalue weighted by atomic mass is 9.88. The summed E-state index contributed by atoms with van der Waals surface area (Å²) in [5, 5.41) is 3.20. The molecule has 1 atom stereocenters. The Kier molecular flexibility index (Phi) is 2.56. The fourth-order valence-corrected chi connectivity index (χ4v) is 2.46. The molecule has 1 aliphatic heterocycles. The lowest BCUT2D eigenvalue weighted by Gasteiger charge is -2.26. The molecule has 0 amide bonds. The summed E-state index contributed by atoms with van der Waals surface area (Å²) < 4.78 is 13.5. The SMILES string of the molecule is Fc1cccc2c1NCC(c1ccccc1)C2. The van der Waals surface area contributed by atoms with Crippen LogP contribution in [0.5, 0.6) is 0 Å². The van der Waals surface area contributed by atoms with Crippen molar-refractivity contribution in [2.24, 2.45) is 0 Å². The van der Waals surface area contributed by atoms with Crippen molar-refractivity contribution in [1.82, 2.24) is 0 Å². The minimum atomic E-state index is -0.144. The number of anilines is 1. The second-order valence-corrected chi connectivity index (χ2v) is 4.47. The zero-order chi connectivity index (χ0) is 11.7. The van der Waals surface area contributed by atoms with Gasteiger partial charge in [0, 0.05) is 12.5 Å². The Balaban J connectivity index is 1.91. The van der Waals surface area contributed by atoms with Gasteiger partial charge in [-0.25, -0.2) is 4.39 Å². The molecule has 0 aliphatic carbocycles. The number of para-hydroxylation sites is 1. The van der Waals surface area contributed by atoms with Gasteiger partial charge in [0.05, 0.1) is 5.69 Å². The number of rotatable bonds is 1. The van der Waals surface area contributed by atoms with Crippen LogP contribution in [0.3, 0.4) is 0 Å². The van der Waals surface area contributed by atoms with Crippen molar-refractivity contribution in [3.63, 3.8) is 0 Å². The van der Waals surface area contributed by atoms with Crippen molar-refractivity contribution in [3.05, 3.63) is 65.5 Å². The van der Waals surface area contributed by atoms with Crippen LogP contribution < -0.4 is 5.32 Å². The maximum atomic E-state index is 13.5. The van der Waals surface area contributed by atoms with Crippen LogP contribution in [0.1, 0.15) is 17.0 Å². The van der Waals surface area contributed by atoms with E-state index in [2.05, 4.69) is 29.6 Å². The molecule has 1 nitrogen and oxygen atoms in total. The fourth-order valence-electron chi connectivity index (χ4n) is 2.46. The van der Waals surface area contributed by atoms with Gasteiger partial charge in [0.15, 0.2) is 0 Å². The van der Waals surface area contributed by atoms with E-state index in [0.29, 0.717) is 11.6 Å². The topological polar surface area (TPSA) is 12.0 Å². The van der Waals surface area contributed by atoms with E-state index in [1.807, 2.05) is 12.1 Å². The third-order valence-electron chi connectivity index (χ3n) is 3.36. The van der Waals surface area contributed by atoms with Crippen LogP contribution in [0.4, 0.5) is 10.1 Å². The predicted molar refractivity (Wildman–Crippen MR) is 67.8 cm³/mol. The van der Waals surface area contributed by atoms with Crippen LogP contribution in [-0.4, -0.2) is 6.54 Å². The summed E-state index contributed by atoms with van der Waals surface area (Å²) in [5.41, 5.74) is 3.07. The van der Waals surface area contributed by atoms with E-state index in [4.69, 9.17) is 0 Å². The molecule has 2 heteroatoms. The molecule has 0 saturated carbocycles. The lowest BCUT2D eigenvalue weighted by Crippen LogP contribution is -2.22. The van der Waals surface area contributed by atoms with Crippen molar-refractivity contribution in [1.29, 1.82) is 0 Å². The number of nitrogens with one attached hydrogen (secondary N) is 1. The molecule has 2 aromatic carbocycles. The van der Waals surface area contributed by atoms with Crippen molar-refractivity contribution < 1.29 is 4.39 Å². The maximum Gasteiger partial charge on any atom is 0.146 e. The van der Waals surface area contributed by atoms with Gasteiger partial charge in [-0.3, -0.25) is 0 Å². The molecule has 1 unspecified atom stereocenters. The predicted octanol–water partition coefficient (Wildman–Crippen LogP) is 3.58. The van der Waals surface area contributed by atoms with E-state index in [1.165, 1.54) is 11.6 Å². The molecule has 0 aromatic heterocycles. The summed E-state index contributed by atoms with van der Waals surface area (Å²) in [5.74, 6) is 0.291. The van der Waals surface area contributed by atoms with E-state index in [9.17, 15) is 4.39 Å². The van der Waals surface area contributed by atoms with E-state index < -0.39 is 0 Å². The Labute approximate surface area is 100 Å². The molecule has 0 fully saturated rings. The molecule has 1 aliphatic rings. The maximum absolute atomic E-state index is 13.5. The quantitative estimate of drug-likeness (QED) is 0.785. The minimum absolute atomic E-state index is 0.144. The van der Waals surface area contributed by atoms with Gasteiger partial charge in [-0.15, -0.1) is 0 Å². The largest absolute Gasteiger partial charge is 0.382 e. The van der Waals surface area contributed by atoms with Gasteiger partial charge in [0.2, 0.25) is 0 Å². The fraction of sp³-hybridized carbons (Fsp3) is 0.200. The average Bonchev–Trinajstić information content (AvgIpc) is 2.40. The third kappa shape index (κ3) is 1.91. The van der Waals surface area contributed by atoms with Crippen LogP contribution >= 0.6 is 0 Å². The normalized spacial score (nSPS) is 18.3. The molecule has 0 saturated heterocycles. The highest BCUT2D eigenvalue weighted by molar-refractivity contribution is 5.55. The van der Waals surface area contributed by atoms with Crippen molar-refractivity contribution >= 4 is 5.69 Å². The Morgan fingerprint density at radius 2 is 1.82 bits per heavy atom. The van der Waals surface area contributed by atoms with Gasteiger partial charge in [-0.2, -0.15) is 0 Å². The van der Waals surface area contributed by atoms with Crippen LogP contribution in [0.15, 0.2) is 48.5 Å². The first-order valence-electron chi connectivity index (χ1n) is 5.91. The molecule has 86 valence electrons. The molecule has 3 rings (SSSR count). The van der Waals surface area contributed by atoms with Crippen molar-refractivity contribution in [2.45, 2.75) is 12.3 Å². The van der Waals surface area contributed by atoms with Crippen LogP contribution in [-0.2, 0) is 6.42 Å². The molecular weight excluding hydrogens is 213 g/mol. The van der Waals surface area contributed by atoms with Crippen molar-refractivity contribution in [3.8, 4) is 0 Å². The highest BCUT2D eigenvalue weighted by atomic mass is 19.1. The molecular formula is C15H14FN. The summed E-state index contributed by atoms with van der Waals surface area (Å²) in [6, 6.07) is 15.7. The van der Waals surface area contributed by atoms with Gasteiger partial charge in [0.1, 0.15) is 5.82 Å². The van der Waals surface area contributed by atoms with Gasteiger partial charge in [0.25, 0.3) is 0 Å². The average molecular weight is 227 g/mol.